The molecule has 2 aliphatic rings. The van der Waals surface area contributed by atoms with Crippen molar-refractivity contribution in [3.05, 3.63) is 30.1 Å². The van der Waals surface area contributed by atoms with Crippen molar-refractivity contribution in [2.75, 3.05) is 31.1 Å². The van der Waals surface area contributed by atoms with Gasteiger partial charge in [-0.1, -0.05) is 11.8 Å². The summed E-state index contributed by atoms with van der Waals surface area (Å²) in [5.41, 5.74) is 1.53. The normalized spacial score (nSPS) is 18.3. The van der Waals surface area contributed by atoms with E-state index in [1.54, 1.807) is 6.20 Å². The summed E-state index contributed by atoms with van der Waals surface area (Å²) >= 11 is 0. The molecule has 0 radical (unpaired) electrons. The maximum Gasteiger partial charge on any atom is 0.329 e. The Bertz CT molecular complexity index is 920. The summed E-state index contributed by atoms with van der Waals surface area (Å²) in [6, 6.07) is 3.32. The van der Waals surface area contributed by atoms with Gasteiger partial charge < -0.3 is 10.1 Å². The van der Waals surface area contributed by atoms with Crippen LogP contribution in [0.1, 0.15) is 24.8 Å². The molecule has 0 spiro atoms. The van der Waals surface area contributed by atoms with E-state index in [1.165, 1.54) is 4.90 Å². The highest BCUT2D eigenvalue weighted by Gasteiger charge is 2.26. The number of rotatable bonds is 3. The van der Waals surface area contributed by atoms with Gasteiger partial charge in [-0.2, -0.15) is 0 Å². The molecule has 0 atom stereocenters. The minimum absolute atomic E-state index is 0.255. The van der Waals surface area contributed by atoms with Crippen molar-refractivity contribution in [2.45, 2.75) is 25.4 Å². The summed E-state index contributed by atoms with van der Waals surface area (Å²) in [7, 11) is 0. The fourth-order valence-corrected chi connectivity index (χ4v) is 3.29. The first-order valence-electron chi connectivity index (χ1n) is 9.10. The highest BCUT2D eigenvalue weighted by molar-refractivity contribution is 6.05. The number of carbonyl (C=O) groups is 2. The maximum atomic E-state index is 12.0. The van der Waals surface area contributed by atoms with Crippen LogP contribution in [-0.2, 0) is 9.53 Å². The number of hydrogen-bond donors (Lipinski definition) is 2. The molecule has 4 rings (SSSR count). The smallest absolute Gasteiger partial charge is 0.329 e. The lowest BCUT2D eigenvalue weighted by atomic mass is 10.1. The van der Waals surface area contributed by atoms with E-state index in [-0.39, 0.29) is 12.3 Å². The van der Waals surface area contributed by atoms with E-state index in [0.717, 1.165) is 31.5 Å². The minimum Gasteiger partial charge on any atom is -0.365 e. The highest BCUT2D eigenvalue weighted by atomic mass is 16.5. The van der Waals surface area contributed by atoms with Crippen molar-refractivity contribution >= 4 is 23.4 Å². The number of piperidine rings is 1. The number of amides is 3. The molecule has 2 aromatic heterocycles. The summed E-state index contributed by atoms with van der Waals surface area (Å²) in [5, 5.41) is 5.63. The van der Waals surface area contributed by atoms with Crippen LogP contribution in [0.5, 0.6) is 0 Å². The monoisotopic (exact) mass is 367 g/mol. The van der Waals surface area contributed by atoms with Crippen LogP contribution in [0.3, 0.4) is 0 Å². The number of pyridine rings is 1. The van der Waals surface area contributed by atoms with Gasteiger partial charge in [0.1, 0.15) is 18.1 Å². The number of anilines is 1. The minimum atomic E-state index is -0.424. The van der Waals surface area contributed by atoms with E-state index in [0.29, 0.717) is 30.7 Å². The van der Waals surface area contributed by atoms with Crippen LogP contribution < -0.4 is 15.5 Å². The Labute approximate surface area is 156 Å². The predicted molar refractivity (Wildman–Crippen MR) is 99.4 cm³/mol. The summed E-state index contributed by atoms with van der Waals surface area (Å²) < 4.78 is 7.59. The van der Waals surface area contributed by atoms with Crippen LogP contribution in [0.15, 0.2) is 24.5 Å². The number of nitrogens with zero attached hydrogens (tertiary/aromatic N) is 3. The molecule has 0 unspecified atom stereocenters. The van der Waals surface area contributed by atoms with Gasteiger partial charge in [-0.05, 0) is 38.1 Å². The first kappa shape index (κ1) is 17.5. The summed E-state index contributed by atoms with van der Waals surface area (Å²) in [5.74, 6) is 6.53. The Balaban J connectivity index is 1.44. The number of nitrogens with one attached hydrogen (secondary N) is 2. The number of imidazole rings is 1. The fraction of sp³-hybridized carbons (Fsp3) is 0.421. The molecule has 27 heavy (non-hydrogen) atoms. The molecule has 3 amide bonds. The van der Waals surface area contributed by atoms with Crippen LogP contribution in [0, 0.1) is 11.8 Å². The lowest BCUT2D eigenvalue weighted by molar-refractivity contribution is -0.120. The average molecular weight is 367 g/mol. The van der Waals surface area contributed by atoms with Crippen molar-refractivity contribution in [1.82, 2.24) is 20.0 Å². The molecule has 0 bridgehead atoms. The van der Waals surface area contributed by atoms with E-state index in [1.807, 2.05) is 22.7 Å². The molecular weight excluding hydrogens is 346 g/mol. The zero-order valence-corrected chi connectivity index (χ0v) is 14.9. The number of carbonyl (C=O) groups excluding carboxylic acids is 2. The molecule has 140 valence electrons. The average Bonchev–Trinajstić information content (AvgIpc) is 3.09. The summed E-state index contributed by atoms with van der Waals surface area (Å²) in [4.78, 5) is 29.2. The maximum absolute atomic E-state index is 12.0. The number of hydrogen-bond acceptors (Lipinski definition) is 5. The van der Waals surface area contributed by atoms with Crippen molar-refractivity contribution in [3.8, 4) is 11.8 Å². The number of imide groups is 1. The third kappa shape index (κ3) is 3.94. The Morgan fingerprint density at radius 2 is 2.15 bits per heavy atom. The number of fused-ring (bicyclic) bond motifs is 1. The largest absolute Gasteiger partial charge is 0.365 e. The van der Waals surface area contributed by atoms with Gasteiger partial charge >= 0.3 is 6.03 Å². The second kappa shape index (κ2) is 7.78. The standard InChI is InChI=1S/C19H21N5O3/c25-17-6-10-24(19(26)22-17)18-13-21-16-12-14(5-9-23(16)18)2-1-11-27-15-3-7-20-8-4-15/h5,9,12-13,15,20H,3-4,6-8,10-11H2,(H,22,25,26). The van der Waals surface area contributed by atoms with Gasteiger partial charge in [-0.25, -0.2) is 9.78 Å². The van der Waals surface area contributed by atoms with Crippen molar-refractivity contribution in [2.24, 2.45) is 0 Å². The van der Waals surface area contributed by atoms with Gasteiger partial charge in [0.15, 0.2) is 0 Å². The number of ether oxygens (including phenoxy) is 1. The third-order valence-corrected chi connectivity index (χ3v) is 4.73. The molecule has 0 aliphatic carbocycles. The van der Waals surface area contributed by atoms with Crippen LogP contribution in [-0.4, -0.2) is 53.7 Å². The van der Waals surface area contributed by atoms with Gasteiger partial charge in [0.2, 0.25) is 5.91 Å². The van der Waals surface area contributed by atoms with E-state index < -0.39 is 6.03 Å². The fourth-order valence-electron chi connectivity index (χ4n) is 3.29. The molecule has 2 saturated heterocycles. The Morgan fingerprint density at radius 1 is 1.30 bits per heavy atom. The van der Waals surface area contributed by atoms with E-state index >= 15 is 0 Å². The molecule has 4 heterocycles. The van der Waals surface area contributed by atoms with Gasteiger partial charge in [0.05, 0.1) is 12.3 Å². The summed E-state index contributed by atoms with van der Waals surface area (Å²) in [6.45, 7) is 2.76. The molecular formula is C19H21N5O3. The second-order valence-electron chi connectivity index (χ2n) is 6.58. The molecule has 8 heteroatoms. The second-order valence-corrected chi connectivity index (χ2v) is 6.58. The number of urea groups is 1. The van der Waals surface area contributed by atoms with E-state index in [9.17, 15) is 9.59 Å². The number of aromatic nitrogens is 2. The Morgan fingerprint density at radius 3 is 2.96 bits per heavy atom. The zero-order chi connectivity index (χ0) is 18.6. The van der Waals surface area contributed by atoms with Crippen LogP contribution in [0.4, 0.5) is 10.6 Å². The first-order chi connectivity index (χ1) is 13.2. The molecule has 2 N–H and O–H groups in total. The molecule has 2 aromatic rings. The van der Waals surface area contributed by atoms with Crippen molar-refractivity contribution in [1.29, 1.82) is 0 Å². The lowest BCUT2D eigenvalue weighted by Crippen LogP contribution is -2.50. The zero-order valence-electron chi connectivity index (χ0n) is 14.9. The highest BCUT2D eigenvalue weighted by Crippen LogP contribution is 2.19. The van der Waals surface area contributed by atoms with Crippen molar-refractivity contribution in [3.63, 3.8) is 0 Å². The SMILES string of the molecule is O=C1CCN(c2cnc3cc(C#CCOC4CCNCC4)ccn23)C(=O)N1. The van der Waals surface area contributed by atoms with Crippen LogP contribution in [0.25, 0.3) is 5.65 Å². The van der Waals surface area contributed by atoms with Gasteiger partial charge in [0.25, 0.3) is 0 Å². The van der Waals surface area contributed by atoms with Gasteiger partial charge in [-0.15, -0.1) is 0 Å². The predicted octanol–water partition coefficient (Wildman–Crippen LogP) is 0.901. The van der Waals surface area contributed by atoms with Gasteiger partial charge in [0, 0.05) is 24.7 Å². The topological polar surface area (TPSA) is 88.0 Å². The quantitative estimate of drug-likeness (QED) is 0.787. The molecule has 2 fully saturated rings. The van der Waals surface area contributed by atoms with E-state index in [2.05, 4.69) is 27.5 Å². The molecule has 0 aromatic carbocycles. The van der Waals surface area contributed by atoms with Crippen LogP contribution in [0.2, 0.25) is 0 Å². The van der Waals surface area contributed by atoms with E-state index in [4.69, 9.17) is 4.74 Å². The third-order valence-electron chi connectivity index (χ3n) is 4.73. The van der Waals surface area contributed by atoms with Crippen LogP contribution >= 0.6 is 0 Å². The van der Waals surface area contributed by atoms with Crippen molar-refractivity contribution < 1.29 is 14.3 Å². The molecule has 0 saturated carbocycles. The summed E-state index contributed by atoms with van der Waals surface area (Å²) in [6.07, 6.45) is 6.08. The Hall–Kier alpha value is -2.89. The molecule has 2 aliphatic heterocycles. The molecule has 8 nitrogen and oxygen atoms in total. The first-order valence-corrected chi connectivity index (χ1v) is 9.10. The van der Waals surface area contributed by atoms with Gasteiger partial charge in [-0.3, -0.25) is 19.4 Å². The lowest BCUT2D eigenvalue weighted by Gasteiger charge is -2.25. The Kier molecular flexibility index (Phi) is 5.05.